The summed E-state index contributed by atoms with van der Waals surface area (Å²) in [6.07, 6.45) is 8.05. The maximum Gasteiger partial charge on any atom is 0.326 e. The molecule has 1 aromatic heterocycles. The van der Waals surface area contributed by atoms with Crippen LogP contribution < -0.4 is 5.32 Å². The molecule has 1 aromatic carbocycles. The fourth-order valence-electron chi connectivity index (χ4n) is 3.10. The third-order valence-corrected chi connectivity index (χ3v) is 4.35. The Morgan fingerprint density at radius 1 is 1.42 bits per heavy atom. The van der Waals surface area contributed by atoms with Crippen LogP contribution in [0.5, 0.6) is 0 Å². The number of aromatic amines is 1. The van der Waals surface area contributed by atoms with Crippen LogP contribution in [0.2, 0.25) is 0 Å². The monoisotopic (exact) mass is 330 g/mol. The van der Waals surface area contributed by atoms with Gasteiger partial charge in [-0.15, -0.1) is 0 Å². The number of carboxylic acids is 1. The molecule has 24 heavy (non-hydrogen) atoms. The third-order valence-electron chi connectivity index (χ3n) is 4.35. The standard InChI is InChI=1S/C18H19FN2O3/c19-13-5-6-14-12(10-20-15(14)9-13)8-16(18(23)24)21-17(22)7-11-3-1-2-4-11/h1,3,5-6,9-11,16,20H,2,4,7-8H2,(H,21,22)(H,23,24)/t11-,16+/m0/s1. The number of aromatic nitrogens is 1. The van der Waals surface area contributed by atoms with E-state index >= 15 is 0 Å². The van der Waals surface area contributed by atoms with Gasteiger partial charge in [0.05, 0.1) is 0 Å². The van der Waals surface area contributed by atoms with Crippen molar-refractivity contribution in [2.75, 3.05) is 0 Å². The van der Waals surface area contributed by atoms with E-state index in [2.05, 4.69) is 10.3 Å². The van der Waals surface area contributed by atoms with E-state index in [1.807, 2.05) is 12.2 Å². The summed E-state index contributed by atoms with van der Waals surface area (Å²) in [7, 11) is 0. The summed E-state index contributed by atoms with van der Waals surface area (Å²) in [5, 5.41) is 12.8. The van der Waals surface area contributed by atoms with Gasteiger partial charge in [0.1, 0.15) is 11.9 Å². The van der Waals surface area contributed by atoms with Gasteiger partial charge in [-0.2, -0.15) is 0 Å². The van der Waals surface area contributed by atoms with E-state index in [0.29, 0.717) is 11.9 Å². The largest absolute Gasteiger partial charge is 0.480 e. The van der Waals surface area contributed by atoms with Gasteiger partial charge in [0, 0.05) is 29.9 Å². The molecule has 3 rings (SSSR count). The molecular weight excluding hydrogens is 311 g/mol. The normalized spacial score (nSPS) is 18.0. The lowest BCUT2D eigenvalue weighted by Gasteiger charge is -2.15. The van der Waals surface area contributed by atoms with Crippen molar-refractivity contribution in [3.8, 4) is 0 Å². The van der Waals surface area contributed by atoms with Crippen molar-refractivity contribution in [2.24, 2.45) is 5.92 Å². The number of nitrogens with one attached hydrogen (secondary N) is 2. The molecule has 0 spiro atoms. The predicted octanol–water partition coefficient (Wildman–Crippen LogP) is 2.78. The summed E-state index contributed by atoms with van der Waals surface area (Å²) >= 11 is 0. The van der Waals surface area contributed by atoms with Crippen molar-refractivity contribution in [2.45, 2.75) is 31.7 Å². The van der Waals surface area contributed by atoms with Gasteiger partial charge in [-0.1, -0.05) is 12.2 Å². The predicted molar refractivity (Wildman–Crippen MR) is 88.0 cm³/mol. The van der Waals surface area contributed by atoms with Gasteiger partial charge in [-0.3, -0.25) is 4.79 Å². The number of benzene rings is 1. The summed E-state index contributed by atoms with van der Waals surface area (Å²) in [6.45, 7) is 0. The zero-order valence-corrected chi connectivity index (χ0v) is 13.1. The van der Waals surface area contributed by atoms with Gasteiger partial charge < -0.3 is 15.4 Å². The second-order valence-electron chi connectivity index (χ2n) is 6.14. The molecule has 3 N–H and O–H groups in total. The number of carbonyl (C=O) groups excluding carboxylic acids is 1. The molecule has 0 bridgehead atoms. The third kappa shape index (κ3) is 3.64. The number of H-pyrrole nitrogens is 1. The fourth-order valence-corrected chi connectivity index (χ4v) is 3.10. The lowest BCUT2D eigenvalue weighted by molar-refractivity contribution is -0.141. The lowest BCUT2D eigenvalue weighted by Crippen LogP contribution is -2.42. The number of carbonyl (C=O) groups is 2. The Balaban J connectivity index is 1.69. The molecule has 0 saturated heterocycles. The molecule has 1 heterocycles. The van der Waals surface area contributed by atoms with Crippen LogP contribution in [0, 0.1) is 11.7 Å². The number of fused-ring (bicyclic) bond motifs is 1. The number of hydrogen-bond acceptors (Lipinski definition) is 2. The number of amides is 1. The minimum absolute atomic E-state index is 0.146. The molecule has 2 aromatic rings. The SMILES string of the molecule is O=C(C[C@H]1C=CCC1)N[C@H](Cc1c[nH]c2cc(F)ccc12)C(=O)O. The number of halogens is 1. The molecule has 1 aliphatic rings. The highest BCUT2D eigenvalue weighted by molar-refractivity contribution is 5.86. The maximum absolute atomic E-state index is 13.2. The topological polar surface area (TPSA) is 82.2 Å². The van der Waals surface area contributed by atoms with Gasteiger partial charge >= 0.3 is 5.97 Å². The van der Waals surface area contributed by atoms with Crippen molar-refractivity contribution >= 4 is 22.8 Å². The van der Waals surface area contributed by atoms with E-state index < -0.39 is 12.0 Å². The zero-order chi connectivity index (χ0) is 17.1. The highest BCUT2D eigenvalue weighted by Gasteiger charge is 2.23. The highest BCUT2D eigenvalue weighted by atomic mass is 19.1. The van der Waals surface area contributed by atoms with Gasteiger partial charge in [-0.05, 0) is 42.5 Å². The molecule has 126 valence electrons. The molecule has 2 atom stereocenters. The van der Waals surface area contributed by atoms with E-state index in [0.717, 1.165) is 23.8 Å². The van der Waals surface area contributed by atoms with Crippen LogP contribution in [0.3, 0.4) is 0 Å². The first-order valence-electron chi connectivity index (χ1n) is 7.97. The van der Waals surface area contributed by atoms with E-state index in [1.165, 1.54) is 12.1 Å². The van der Waals surface area contributed by atoms with Crippen molar-refractivity contribution in [3.05, 3.63) is 47.9 Å². The highest BCUT2D eigenvalue weighted by Crippen LogP contribution is 2.22. The maximum atomic E-state index is 13.2. The van der Waals surface area contributed by atoms with Crippen molar-refractivity contribution < 1.29 is 19.1 Å². The number of hydrogen-bond donors (Lipinski definition) is 3. The van der Waals surface area contributed by atoms with Crippen molar-refractivity contribution in [3.63, 3.8) is 0 Å². The van der Waals surface area contributed by atoms with Crippen molar-refractivity contribution in [1.82, 2.24) is 10.3 Å². The molecular formula is C18H19FN2O3. The van der Waals surface area contributed by atoms with Crippen LogP contribution in [0.1, 0.15) is 24.8 Å². The van der Waals surface area contributed by atoms with Gasteiger partial charge in [0.25, 0.3) is 0 Å². The number of aliphatic carboxylic acids is 1. The fraction of sp³-hybridized carbons (Fsp3) is 0.333. The Kier molecular flexibility index (Phi) is 4.64. The Morgan fingerprint density at radius 2 is 2.25 bits per heavy atom. The second-order valence-corrected chi connectivity index (χ2v) is 6.14. The summed E-state index contributed by atoms with van der Waals surface area (Å²) in [4.78, 5) is 26.5. The number of allylic oxidation sites excluding steroid dienone is 2. The van der Waals surface area contributed by atoms with Crippen LogP contribution in [-0.2, 0) is 16.0 Å². The molecule has 0 unspecified atom stereocenters. The molecule has 0 saturated carbocycles. The molecule has 0 radical (unpaired) electrons. The molecule has 5 nitrogen and oxygen atoms in total. The number of rotatable bonds is 6. The van der Waals surface area contributed by atoms with Gasteiger partial charge in [0.15, 0.2) is 0 Å². The summed E-state index contributed by atoms with van der Waals surface area (Å²) in [5.41, 5.74) is 1.34. The van der Waals surface area contributed by atoms with E-state index in [9.17, 15) is 19.1 Å². The molecule has 1 amide bonds. The smallest absolute Gasteiger partial charge is 0.326 e. The van der Waals surface area contributed by atoms with E-state index in [1.54, 1.807) is 12.3 Å². The lowest BCUT2D eigenvalue weighted by atomic mass is 10.0. The Hall–Kier alpha value is -2.63. The molecule has 1 aliphatic carbocycles. The summed E-state index contributed by atoms with van der Waals surface area (Å²) < 4.78 is 13.2. The Bertz CT molecular complexity index is 797. The minimum atomic E-state index is -1.08. The van der Waals surface area contributed by atoms with Gasteiger partial charge in [0.2, 0.25) is 5.91 Å². The average Bonchev–Trinajstić information content (AvgIpc) is 3.16. The molecule has 0 aliphatic heterocycles. The van der Waals surface area contributed by atoms with E-state index in [-0.39, 0.29) is 24.1 Å². The second kappa shape index (κ2) is 6.86. The van der Waals surface area contributed by atoms with Crippen LogP contribution in [0.25, 0.3) is 10.9 Å². The summed E-state index contributed by atoms with van der Waals surface area (Å²) in [6, 6.07) is 3.30. The van der Waals surface area contributed by atoms with Crippen LogP contribution in [0.4, 0.5) is 4.39 Å². The Labute approximate surface area is 138 Å². The van der Waals surface area contributed by atoms with Gasteiger partial charge in [-0.25, -0.2) is 9.18 Å². The quantitative estimate of drug-likeness (QED) is 0.712. The first kappa shape index (κ1) is 16.2. The molecule has 6 heteroatoms. The van der Waals surface area contributed by atoms with E-state index in [4.69, 9.17) is 0 Å². The first-order chi connectivity index (χ1) is 11.5. The van der Waals surface area contributed by atoms with Crippen LogP contribution in [0.15, 0.2) is 36.5 Å². The van der Waals surface area contributed by atoms with Crippen LogP contribution in [-0.4, -0.2) is 28.0 Å². The summed E-state index contributed by atoms with van der Waals surface area (Å²) in [5.74, 6) is -1.51. The molecule has 0 fully saturated rings. The Morgan fingerprint density at radius 3 is 2.96 bits per heavy atom. The minimum Gasteiger partial charge on any atom is -0.480 e. The first-order valence-corrected chi connectivity index (χ1v) is 7.97. The van der Waals surface area contributed by atoms with Crippen LogP contribution >= 0.6 is 0 Å². The number of carboxylic acid groups (broad SMARTS) is 1. The average molecular weight is 330 g/mol. The zero-order valence-electron chi connectivity index (χ0n) is 13.1. The van der Waals surface area contributed by atoms with Crippen molar-refractivity contribution in [1.29, 1.82) is 0 Å².